The van der Waals surface area contributed by atoms with Crippen molar-refractivity contribution < 1.29 is 14.4 Å². The molecule has 1 aliphatic rings. The number of piperidine rings is 1. The third kappa shape index (κ3) is 4.80. The molecule has 0 radical (unpaired) electrons. The lowest BCUT2D eigenvalue weighted by Crippen LogP contribution is -2.46. The number of rotatable bonds is 3. The van der Waals surface area contributed by atoms with Crippen molar-refractivity contribution in [3.8, 4) is 0 Å². The fourth-order valence-corrected chi connectivity index (χ4v) is 3.66. The van der Waals surface area contributed by atoms with Gasteiger partial charge in [0, 0.05) is 25.4 Å². The first-order valence-electron chi connectivity index (χ1n) is 9.74. The topological polar surface area (TPSA) is 91.4 Å². The number of carbonyl (C=O) groups excluding carboxylic acids is 3. The minimum atomic E-state index is -0.668. The van der Waals surface area contributed by atoms with Gasteiger partial charge in [-0.15, -0.1) is 0 Å². The standard InChI is InChI=1S/C22H26N4O3/c1-14-4-9-19(16-5-7-17(8-6-16)20(27)23-3)26(13-14)22(29)21(28)25-18-10-15(2)11-24-12-18/h5-8,10-12,14,19H,4,9,13H2,1-3H3,(H,23,27)(H,25,28)/t14-,19+/m0/s1. The fraction of sp³-hybridized carbons (Fsp3) is 0.364. The van der Waals surface area contributed by atoms with Crippen molar-refractivity contribution in [2.24, 2.45) is 5.92 Å². The zero-order chi connectivity index (χ0) is 21.0. The number of amides is 3. The van der Waals surface area contributed by atoms with Gasteiger partial charge in [-0.2, -0.15) is 0 Å². The Bertz CT molecular complexity index is 911. The molecule has 152 valence electrons. The fourth-order valence-electron chi connectivity index (χ4n) is 3.66. The van der Waals surface area contributed by atoms with Crippen LogP contribution in [0.4, 0.5) is 5.69 Å². The molecule has 0 saturated carbocycles. The number of hydrogen-bond donors (Lipinski definition) is 2. The largest absolute Gasteiger partial charge is 0.355 e. The van der Waals surface area contributed by atoms with Gasteiger partial charge in [-0.25, -0.2) is 0 Å². The summed E-state index contributed by atoms with van der Waals surface area (Å²) in [6.45, 7) is 4.46. The summed E-state index contributed by atoms with van der Waals surface area (Å²) < 4.78 is 0. The molecular weight excluding hydrogens is 368 g/mol. The van der Waals surface area contributed by atoms with Crippen molar-refractivity contribution in [2.45, 2.75) is 32.7 Å². The van der Waals surface area contributed by atoms with Crippen LogP contribution in [0.1, 0.15) is 47.3 Å². The van der Waals surface area contributed by atoms with E-state index in [0.29, 0.717) is 23.7 Å². The Hall–Kier alpha value is -3.22. The zero-order valence-electron chi connectivity index (χ0n) is 16.9. The Morgan fingerprint density at radius 1 is 1.10 bits per heavy atom. The third-order valence-corrected chi connectivity index (χ3v) is 5.19. The highest BCUT2D eigenvalue weighted by atomic mass is 16.2. The van der Waals surface area contributed by atoms with Crippen LogP contribution in [0, 0.1) is 12.8 Å². The molecule has 3 rings (SSSR count). The molecule has 2 atom stereocenters. The maximum atomic E-state index is 13.0. The van der Waals surface area contributed by atoms with E-state index in [4.69, 9.17) is 0 Å². The van der Waals surface area contributed by atoms with Crippen molar-refractivity contribution in [1.82, 2.24) is 15.2 Å². The lowest BCUT2D eigenvalue weighted by atomic mass is 9.89. The number of aryl methyl sites for hydroxylation is 1. The molecule has 0 aliphatic carbocycles. The van der Waals surface area contributed by atoms with Crippen molar-refractivity contribution in [2.75, 3.05) is 18.9 Å². The summed E-state index contributed by atoms with van der Waals surface area (Å²) in [6.07, 6.45) is 4.94. The molecule has 1 aromatic heterocycles. The highest BCUT2D eigenvalue weighted by molar-refractivity contribution is 6.39. The molecule has 2 N–H and O–H groups in total. The average molecular weight is 394 g/mol. The predicted octanol–water partition coefficient (Wildman–Crippen LogP) is 2.69. The summed E-state index contributed by atoms with van der Waals surface area (Å²) in [5, 5.41) is 5.25. The van der Waals surface area contributed by atoms with Crippen molar-refractivity contribution in [3.63, 3.8) is 0 Å². The van der Waals surface area contributed by atoms with E-state index in [0.717, 1.165) is 24.0 Å². The van der Waals surface area contributed by atoms with Crippen LogP contribution in [0.2, 0.25) is 0 Å². The quantitative estimate of drug-likeness (QED) is 0.783. The first-order chi connectivity index (χ1) is 13.9. The van der Waals surface area contributed by atoms with Crippen LogP contribution in [0.5, 0.6) is 0 Å². The number of carbonyl (C=O) groups is 3. The van der Waals surface area contributed by atoms with E-state index in [1.165, 1.54) is 6.20 Å². The smallest absolute Gasteiger partial charge is 0.313 e. The van der Waals surface area contributed by atoms with Gasteiger partial charge in [0.05, 0.1) is 17.9 Å². The van der Waals surface area contributed by atoms with Crippen LogP contribution in [0.25, 0.3) is 0 Å². The number of aromatic nitrogens is 1. The summed E-state index contributed by atoms with van der Waals surface area (Å²) >= 11 is 0. The summed E-state index contributed by atoms with van der Waals surface area (Å²) in [6, 6.07) is 8.77. The molecule has 0 unspecified atom stereocenters. The van der Waals surface area contributed by atoms with Crippen molar-refractivity contribution in [1.29, 1.82) is 0 Å². The molecule has 1 aromatic carbocycles. The summed E-state index contributed by atoms with van der Waals surface area (Å²) in [5.74, 6) is -1.07. The third-order valence-electron chi connectivity index (χ3n) is 5.19. The number of nitrogens with zero attached hydrogens (tertiary/aromatic N) is 2. The molecule has 3 amide bonds. The summed E-state index contributed by atoms with van der Waals surface area (Å²) in [7, 11) is 1.58. The highest BCUT2D eigenvalue weighted by Gasteiger charge is 2.34. The van der Waals surface area contributed by atoms with E-state index < -0.39 is 11.8 Å². The van der Waals surface area contributed by atoms with Gasteiger partial charge in [-0.1, -0.05) is 19.1 Å². The van der Waals surface area contributed by atoms with E-state index in [-0.39, 0.29) is 11.9 Å². The van der Waals surface area contributed by atoms with Crippen LogP contribution >= 0.6 is 0 Å². The lowest BCUT2D eigenvalue weighted by Gasteiger charge is -2.38. The van der Waals surface area contributed by atoms with E-state index in [1.54, 1.807) is 36.3 Å². The highest BCUT2D eigenvalue weighted by Crippen LogP contribution is 2.33. The molecule has 1 aliphatic heterocycles. The zero-order valence-corrected chi connectivity index (χ0v) is 16.9. The van der Waals surface area contributed by atoms with E-state index in [2.05, 4.69) is 22.5 Å². The van der Waals surface area contributed by atoms with Crippen LogP contribution in [-0.4, -0.2) is 41.2 Å². The molecule has 29 heavy (non-hydrogen) atoms. The number of likely N-dealkylation sites (tertiary alicyclic amines) is 1. The number of nitrogens with one attached hydrogen (secondary N) is 2. The van der Waals surface area contributed by atoms with Crippen LogP contribution in [0.3, 0.4) is 0 Å². The number of benzene rings is 1. The van der Waals surface area contributed by atoms with Crippen molar-refractivity contribution >= 4 is 23.4 Å². The Balaban J connectivity index is 1.79. The molecule has 0 spiro atoms. The maximum Gasteiger partial charge on any atom is 0.313 e. The number of hydrogen-bond acceptors (Lipinski definition) is 4. The second-order valence-electron chi connectivity index (χ2n) is 7.56. The predicted molar refractivity (Wildman–Crippen MR) is 110 cm³/mol. The van der Waals surface area contributed by atoms with Gasteiger partial charge in [-0.3, -0.25) is 19.4 Å². The second-order valence-corrected chi connectivity index (χ2v) is 7.56. The Kier molecular flexibility index (Phi) is 6.26. The van der Waals surface area contributed by atoms with E-state index in [9.17, 15) is 14.4 Å². The maximum absolute atomic E-state index is 13.0. The van der Waals surface area contributed by atoms with Crippen LogP contribution in [-0.2, 0) is 9.59 Å². The van der Waals surface area contributed by atoms with Gasteiger partial charge in [-0.05, 0) is 55.0 Å². The molecule has 2 aromatic rings. The first kappa shape index (κ1) is 20.5. The first-order valence-corrected chi connectivity index (χ1v) is 9.74. The molecule has 1 saturated heterocycles. The Labute approximate surface area is 170 Å². The molecule has 1 fully saturated rings. The van der Waals surface area contributed by atoms with Gasteiger partial charge >= 0.3 is 11.8 Å². The van der Waals surface area contributed by atoms with Crippen molar-refractivity contribution in [3.05, 3.63) is 59.4 Å². The summed E-state index contributed by atoms with van der Waals surface area (Å²) in [5.41, 5.74) is 2.88. The van der Waals surface area contributed by atoms with E-state index in [1.807, 2.05) is 19.1 Å². The molecule has 2 heterocycles. The minimum absolute atomic E-state index is 0.159. The molecule has 0 bridgehead atoms. The minimum Gasteiger partial charge on any atom is -0.355 e. The van der Waals surface area contributed by atoms with Gasteiger partial charge in [0.15, 0.2) is 0 Å². The monoisotopic (exact) mass is 394 g/mol. The Morgan fingerprint density at radius 3 is 2.48 bits per heavy atom. The van der Waals surface area contributed by atoms with Gasteiger partial charge in [0.2, 0.25) is 0 Å². The second kappa shape index (κ2) is 8.86. The average Bonchev–Trinajstić information content (AvgIpc) is 2.72. The van der Waals surface area contributed by atoms with Gasteiger partial charge in [0.1, 0.15) is 0 Å². The Morgan fingerprint density at radius 2 is 1.83 bits per heavy atom. The SMILES string of the molecule is CNC(=O)c1ccc([C@H]2CC[C@H](C)CN2C(=O)C(=O)Nc2cncc(C)c2)cc1. The lowest BCUT2D eigenvalue weighted by molar-refractivity contribution is -0.146. The van der Waals surface area contributed by atoms with Gasteiger partial charge < -0.3 is 15.5 Å². The molecular formula is C22H26N4O3. The molecule has 7 heteroatoms. The normalized spacial score (nSPS) is 18.8. The number of anilines is 1. The summed E-state index contributed by atoms with van der Waals surface area (Å²) in [4.78, 5) is 43.0. The molecule has 7 nitrogen and oxygen atoms in total. The van der Waals surface area contributed by atoms with E-state index >= 15 is 0 Å². The number of pyridine rings is 1. The van der Waals surface area contributed by atoms with Crippen LogP contribution < -0.4 is 10.6 Å². The van der Waals surface area contributed by atoms with Crippen LogP contribution in [0.15, 0.2) is 42.7 Å². The van der Waals surface area contributed by atoms with Gasteiger partial charge in [0.25, 0.3) is 5.91 Å².